The zero-order chi connectivity index (χ0) is 23.6. The number of carbonyl (C=O) groups is 1. The summed E-state index contributed by atoms with van der Waals surface area (Å²) in [5, 5.41) is 0. The number of halogens is 3. The van der Waals surface area contributed by atoms with Crippen molar-refractivity contribution in [2.75, 3.05) is 13.1 Å². The number of hydrogen-bond donors (Lipinski definition) is 0. The predicted octanol–water partition coefficient (Wildman–Crippen LogP) is 8.83. The number of hydrogen-bond acceptors (Lipinski definition) is 1. The van der Waals surface area contributed by atoms with Gasteiger partial charge in [0.1, 0.15) is 0 Å². The van der Waals surface area contributed by atoms with E-state index in [1.807, 2.05) is 6.92 Å². The van der Waals surface area contributed by atoms with E-state index in [-0.39, 0.29) is 5.56 Å². The quantitative estimate of drug-likeness (QED) is 0.151. The minimum absolute atomic E-state index is 0.384. The summed E-state index contributed by atoms with van der Waals surface area (Å²) in [7, 11) is 0. The van der Waals surface area contributed by atoms with Crippen LogP contribution in [0.5, 0.6) is 0 Å². The van der Waals surface area contributed by atoms with Crippen molar-refractivity contribution < 1.29 is 18.0 Å². The third-order valence-corrected chi connectivity index (χ3v) is 6.12. The van der Waals surface area contributed by atoms with Gasteiger partial charge in [0.15, 0.2) is 17.5 Å². The molecule has 0 aliphatic carbocycles. The third-order valence-electron chi connectivity index (χ3n) is 6.12. The van der Waals surface area contributed by atoms with Gasteiger partial charge >= 0.3 is 0 Å². The zero-order valence-corrected chi connectivity index (χ0v) is 20.4. The lowest BCUT2D eigenvalue weighted by atomic mass is 10.0. The zero-order valence-electron chi connectivity index (χ0n) is 20.4. The van der Waals surface area contributed by atoms with Crippen LogP contribution in [0.15, 0.2) is 12.1 Å². The van der Waals surface area contributed by atoms with Crippen LogP contribution in [0, 0.1) is 17.5 Å². The largest absolute Gasteiger partial charge is 0.339 e. The van der Waals surface area contributed by atoms with Crippen LogP contribution in [0.4, 0.5) is 13.2 Å². The maximum Gasteiger partial charge on any atom is 0.256 e. The fourth-order valence-electron chi connectivity index (χ4n) is 4.02. The van der Waals surface area contributed by atoms with Crippen LogP contribution in [-0.4, -0.2) is 23.9 Å². The van der Waals surface area contributed by atoms with Crippen molar-refractivity contribution in [1.82, 2.24) is 4.90 Å². The Hall–Kier alpha value is -1.52. The summed E-state index contributed by atoms with van der Waals surface area (Å²) in [5.41, 5.74) is -0.384. The minimum Gasteiger partial charge on any atom is -0.339 e. The summed E-state index contributed by atoms with van der Waals surface area (Å²) < 4.78 is 40.8. The van der Waals surface area contributed by atoms with Crippen LogP contribution in [0.25, 0.3) is 0 Å². The molecule has 0 spiro atoms. The molecule has 0 bridgehead atoms. The van der Waals surface area contributed by atoms with Gasteiger partial charge in [-0.15, -0.1) is 0 Å². The molecule has 2 nitrogen and oxygen atoms in total. The van der Waals surface area contributed by atoms with Gasteiger partial charge in [0.25, 0.3) is 5.91 Å². The van der Waals surface area contributed by atoms with Gasteiger partial charge in [-0.25, -0.2) is 13.2 Å². The highest BCUT2D eigenvalue weighted by atomic mass is 19.2. The summed E-state index contributed by atoms with van der Waals surface area (Å²) in [4.78, 5) is 14.3. The molecule has 0 radical (unpaired) electrons. The number of rotatable bonds is 19. The maximum absolute atomic E-state index is 14.0. The topological polar surface area (TPSA) is 20.3 Å². The molecule has 0 aliphatic rings. The molecule has 0 heterocycles. The lowest BCUT2D eigenvalue weighted by Crippen LogP contribution is -2.33. The molecule has 0 saturated carbocycles. The van der Waals surface area contributed by atoms with Crippen LogP contribution in [0.2, 0.25) is 0 Å². The molecule has 0 atom stereocenters. The van der Waals surface area contributed by atoms with Crippen molar-refractivity contribution in [2.24, 2.45) is 0 Å². The second kappa shape index (κ2) is 18.0. The standard InChI is InChI=1S/C27H44F3NO/c1-3-5-7-8-9-10-11-12-13-14-15-16-17-18-22-31(21-6-4-2)27(32)23-19-20-24(28)26(30)25(23)29/h19-20H,3-18,21-22H2,1-2H3. The fraction of sp³-hybridized carbons (Fsp3) is 0.741. The summed E-state index contributed by atoms with van der Waals surface area (Å²) in [5.74, 6) is -4.80. The predicted molar refractivity (Wildman–Crippen MR) is 127 cm³/mol. The first-order valence-electron chi connectivity index (χ1n) is 13.0. The SMILES string of the molecule is CCCCCCCCCCCCCCCCN(CCCC)C(=O)c1ccc(F)c(F)c1F. The van der Waals surface area contributed by atoms with E-state index in [1.165, 1.54) is 70.6 Å². The first-order valence-corrected chi connectivity index (χ1v) is 13.0. The lowest BCUT2D eigenvalue weighted by molar-refractivity contribution is 0.0744. The van der Waals surface area contributed by atoms with Gasteiger partial charge in [-0.05, 0) is 25.0 Å². The van der Waals surface area contributed by atoms with Crippen molar-refractivity contribution in [2.45, 2.75) is 117 Å². The molecule has 1 amide bonds. The van der Waals surface area contributed by atoms with Crippen LogP contribution >= 0.6 is 0 Å². The average Bonchev–Trinajstić information content (AvgIpc) is 2.79. The Kier molecular flexibility index (Phi) is 16.0. The van der Waals surface area contributed by atoms with Crippen molar-refractivity contribution in [3.8, 4) is 0 Å². The highest BCUT2D eigenvalue weighted by molar-refractivity contribution is 5.94. The number of carbonyl (C=O) groups excluding carboxylic acids is 1. The van der Waals surface area contributed by atoms with Crippen LogP contribution in [0.3, 0.4) is 0 Å². The van der Waals surface area contributed by atoms with E-state index in [1.54, 1.807) is 4.90 Å². The Bertz CT molecular complexity index is 636. The second-order valence-electron chi connectivity index (χ2n) is 8.96. The molecule has 32 heavy (non-hydrogen) atoms. The van der Waals surface area contributed by atoms with Gasteiger partial charge in [-0.2, -0.15) is 0 Å². The van der Waals surface area contributed by atoms with E-state index in [0.29, 0.717) is 13.1 Å². The molecule has 0 saturated heterocycles. The first kappa shape index (κ1) is 28.5. The summed E-state index contributed by atoms with van der Waals surface area (Å²) in [6.45, 7) is 5.30. The van der Waals surface area contributed by atoms with Gasteiger partial charge in [0.05, 0.1) is 5.56 Å². The van der Waals surface area contributed by atoms with Gasteiger partial charge in [-0.3, -0.25) is 4.79 Å². The molecular weight excluding hydrogens is 411 g/mol. The first-order chi connectivity index (χ1) is 15.5. The Morgan fingerprint density at radius 3 is 1.56 bits per heavy atom. The van der Waals surface area contributed by atoms with E-state index in [9.17, 15) is 18.0 Å². The Balaban J connectivity index is 2.22. The van der Waals surface area contributed by atoms with Crippen molar-refractivity contribution >= 4 is 5.91 Å². The Labute approximate surface area is 194 Å². The van der Waals surface area contributed by atoms with Crippen LogP contribution < -0.4 is 0 Å². The monoisotopic (exact) mass is 455 g/mol. The fourth-order valence-corrected chi connectivity index (χ4v) is 4.02. The highest BCUT2D eigenvalue weighted by Gasteiger charge is 2.22. The number of amides is 1. The molecular formula is C27H44F3NO. The molecule has 0 unspecified atom stereocenters. The van der Waals surface area contributed by atoms with E-state index in [2.05, 4.69) is 6.92 Å². The van der Waals surface area contributed by atoms with Crippen molar-refractivity contribution in [1.29, 1.82) is 0 Å². The van der Waals surface area contributed by atoms with Gasteiger partial charge < -0.3 is 4.90 Å². The number of nitrogens with zero attached hydrogens (tertiary/aromatic N) is 1. The second-order valence-corrected chi connectivity index (χ2v) is 8.96. The van der Waals surface area contributed by atoms with E-state index >= 15 is 0 Å². The summed E-state index contributed by atoms with van der Waals surface area (Å²) in [6, 6.07) is 1.86. The lowest BCUT2D eigenvalue weighted by Gasteiger charge is -2.23. The Morgan fingerprint density at radius 1 is 0.625 bits per heavy atom. The highest BCUT2D eigenvalue weighted by Crippen LogP contribution is 2.18. The molecule has 184 valence electrons. The normalized spacial score (nSPS) is 11.2. The minimum atomic E-state index is -1.58. The summed E-state index contributed by atoms with van der Waals surface area (Å²) in [6.07, 6.45) is 19.3. The maximum atomic E-state index is 14.0. The van der Waals surface area contributed by atoms with Crippen molar-refractivity contribution in [3.63, 3.8) is 0 Å². The third kappa shape index (κ3) is 11.4. The molecule has 0 N–H and O–H groups in total. The van der Waals surface area contributed by atoms with Crippen LogP contribution in [0.1, 0.15) is 127 Å². The molecule has 1 aromatic carbocycles. The number of unbranched alkanes of at least 4 members (excludes halogenated alkanes) is 14. The van der Waals surface area contributed by atoms with Gasteiger partial charge in [0.2, 0.25) is 0 Å². The molecule has 1 aromatic rings. The number of benzene rings is 1. The Morgan fingerprint density at radius 2 is 1.06 bits per heavy atom. The smallest absolute Gasteiger partial charge is 0.256 e. The van der Waals surface area contributed by atoms with E-state index < -0.39 is 23.4 Å². The molecule has 0 aliphatic heterocycles. The summed E-state index contributed by atoms with van der Waals surface area (Å²) >= 11 is 0. The molecule has 0 aromatic heterocycles. The molecule has 0 fully saturated rings. The van der Waals surface area contributed by atoms with E-state index in [4.69, 9.17) is 0 Å². The van der Waals surface area contributed by atoms with Crippen LogP contribution in [-0.2, 0) is 0 Å². The molecule has 5 heteroatoms. The van der Waals surface area contributed by atoms with Gasteiger partial charge in [-0.1, -0.05) is 104 Å². The van der Waals surface area contributed by atoms with Crippen molar-refractivity contribution in [3.05, 3.63) is 35.1 Å². The average molecular weight is 456 g/mol. The van der Waals surface area contributed by atoms with E-state index in [0.717, 1.165) is 44.2 Å². The van der Waals surface area contributed by atoms with Gasteiger partial charge in [0, 0.05) is 13.1 Å². The molecule has 1 rings (SSSR count).